The molecule has 4 atom stereocenters. The van der Waals surface area contributed by atoms with Gasteiger partial charge in [0, 0.05) is 40.1 Å². The average molecular weight is 589 g/mol. The van der Waals surface area contributed by atoms with Gasteiger partial charge in [0.1, 0.15) is 18.1 Å². The second-order valence-corrected chi connectivity index (χ2v) is 10.4. The molecule has 4 N–H and O–H groups in total. The van der Waals surface area contributed by atoms with Gasteiger partial charge in [-0.05, 0) is 31.2 Å². The highest BCUT2D eigenvalue weighted by molar-refractivity contribution is 6.06. The Labute approximate surface area is 245 Å². The Bertz CT molecular complexity index is 1680. The van der Waals surface area contributed by atoms with Crippen molar-refractivity contribution in [3.8, 4) is 5.75 Å². The maximum Gasteiger partial charge on any atom is 0.363 e. The Morgan fingerprint density at radius 2 is 1.74 bits per heavy atom. The number of nitrogens with zero attached hydrogens (tertiary/aromatic N) is 2. The summed E-state index contributed by atoms with van der Waals surface area (Å²) < 4.78 is 11.3. The van der Waals surface area contributed by atoms with Crippen molar-refractivity contribution in [1.29, 1.82) is 0 Å². The van der Waals surface area contributed by atoms with Crippen molar-refractivity contribution in [2.24, 2.45) is 17.6 Å². The molecule has 0 spiro atoms. The zero-order valence-corrected chi connectivity index (χ0v) is 23.2. The normalized spacial score (nSPS) is 19.8. The summed E-state index contributed by atoms with van der Waals surface area (Å²) in [6.45, 7) is 3.10. The summed E-state index contributed by atoms with van der Waals surface area (Å²) >= 11 is 0. The molecule has 0 aromatic heterocycles. The summed E-state index contributed by atoms with van der Waals surface area (Å²) in [6.07, 6.45) is -0.972. The molecule has 5 rings (SSSR count). The Kier molecular flexibility index (Phi) is 7.83. The van der Waals surface area contributed by atoms with E-state index in [1.165, 1.54) is 11.8 Å². The molecule has 43 heavy (non-hydrogen) atoms. The number of nitrogens with two attached hydrogens (primary N) is 1. The summed E-state index contributed by atoms with van der Waals surface area (Å²) in [5.74, 6) is -3.84. The third-order valence-electron chi connectivity index (χ3n) is 7.73. The fraction of sp³-hybridized carbons (Fsp3) is 0.267. The molecule has 0 aliphatic carbocycles. The number of amides is 2. The van der Waals surface area contributed by atoms with E-state index < -0.39 is 52.7 Å². The molecule has 13 nitrogen and oxygen atoms in total. The van der Waals surface area contributed by atoms with Crippen LogP contribution in [0.3, 0.4) is 0 Å². The van der Waals surface area contributed by atoms with Gasteiger partial charge in [-0.25, -0.2) is 9.59 Å². The fourth-order valence-electron chi connectivity index (χ4n) is 5.63. The number of anilines is 1. The minimum Gasteiger partial charge on any atom is -0.488 e. The molecule has 3 aromatic rings. The highest BCUT2D eigenvalue weighted by atomic mass is 16.6. The second-order valence-electron chi connectivity index (χ2n) is 10.4. The first-order valence-electron chi connectivity index (χ1n) is 13.4. The molecule has 0 bridgehead atoms. The second kappa shape index (κ2) is 11.5. The van der Waals surface area contributed by atoms with Crippen LogP contribution < -0.4 is 15.8 Å². The van der Waals surface area contributed by atoms with Gasteiger partial charge in [0.15, 0.2) is 0 Å². The van der Waals surface area contributed by atoms with Crippen molar-refractivity contribution in [1.82, 2.24) is 4.90 Å². The van der Waals surface area contributed by atoms with E-state index >= 15 is 0 Å². The number of rotatable bonds is 10. The smallest absolute Gasteiger partial charge is 0.363 e. The van der Waals surface area contributed by atoms with Gasteiger partial charge in [-0.2, -0.15) is 0 Å². The number of non-ortho nitro benzene ring substituents is 1. The Morgan fingerprint density at radius 3 is 2.40 bits per heavy atom. The Hall–Kier alpha value is -5.30. The van der Waals surface area contributed by atoms with Gasteiger partial charge in [0.2, 0.25) is 11.8 Å². The lowest BCUT2D eigenvalue weighted by Crippen LogP contribution is -2.63. The number of hydrogen-bond donors (Lipinski definition) is 3. The van der Waals surface area contributed by atoms with Gasteiger partial charge in [-0.15, -0.1) is 0 Å². The van der Waals surface area contributed by atoms with Gasteiger partial charge < -0.3 is 30.5 Å². The number of carbonyl (C=O) groups is 4. The number of nitro groups is 1. The summed E-state index contributed by atoms with van der Waals surface area (Å²) in [5.41, 5.74) is 5.87. The van der Waals surface area contributed by atoms with Crippen LogP contribution in [-0.4, -0.2) is 64.0 Å². The molecule has 2 amide bonds. The molecular weight excluding hydrogens is 560 g/mol. The van der Waals surface area contributed by atoms with Crippen LogP contribution in [-0.2, 0) is 19.1 Å². The number of hydrogen-bond acceptors (Lipinski definition) is 10. The maximum atomic E-state index is 13.4. The number of nitro benzene ring substituents is 1. The first-order valence-corrected chi connectivity index (χ1v) is 13.4. The van der Waals surface area contributed by atoms with Crippen molar-refractivity contribution in [3.05, 3.63) is 87.6 Å². The van der Waals surface area contributed by atoms with Gasteiger partial charge in [-0.3, -0.25) is 19.7 Å². The molecule has 0 saturated carbocycles. The number of β-lactam (4-membered cyclic amide) rings is 1. The topological polar surface area (TPSA) is 191 Å². The van der Waals surface area contributed by atoms with E-state index in [4.69, 9.17) is 15.2 Å². The zero-order chi connectivity index (χ0) is 31.0. The standard InChI is InChI=1S/C30H28N4O9/c1-15-21(14-42-23-8-4-5-19-20(23)6-3-7-22(19)32-13-24(31)36)27(33-26(15)25(16(2)35)28(33)37)30(39)43-29(38)17-9-11-18(12-10-17)34(40)41/h3-12,15-16,25-26,32,35H,13-14H2,1-2H3,(H2,31,36)/t15-,16+,25?,26?/m0/s1. The molecule has 222 valence electrons. The van der Waals surface area contributed by atoms with Crippen LogP contribution in [0.25, 0.3) is 10.8 Å². The van der Waals surface area contributed by atoms with Gasteiger partial charge in [0.25, 0.3) is 5.69 Å². The predicted molar refractivity (Wildman–Crippen MR) is 153 cm³/mol. The van der Waals surface area contributed by atoms with Crippen LogP contribution in [0, 0.1) is 22.0 Å². The van der Waals surface area contributed by atoms with Crippen LogP contribution in [0.5, 0.6) is 5.75 Å². The molecule has 2 heterocycles. The number of aliphatic hydroxyl groups is 1. The number of ether oxygens (including phenoxy) is 2. The van der Waals surface area contributed by atoms with Crippen molar-refractivity contribution in [2.45, 2.75) is 26.0 Å². The van der Waals surface area contributed by atoms with E-state index in [2.05, 4.69) is 5.32 Å². The van der Waals surface area contributed by atoms with E-state index in [-0.39, 0.29) is 30.1 Å². The Morgan fingerprint density at radius 1 is 1.07 bits per heavy atom. The molecule has 0 radical (unpaired) electrons. The van der Waals surface area contributed by atoms with Crippen LogP contribution in [0.1, 0.15) is 24.2 Å². The fourth-order valence-corrected chi connectivity index (χ4v) is 5.63. The highest BCUT2D eigenvalue weighted by Gasteiger charge is 2.60. The molecule has 3 aromatic carbocycles. The van der Waals surface area contributed by atoms with E-state index in [1.807, 2.05) is 12.1 Å². The molecule has 13 heteroatoms. The number of nitrogens with one attached hydrogen (secondary N) is 1. The SMILES string of the molecule is C[C@@H](O)C1C(=O)N2C(C(=O)OC(=O)c3ccc([N+](=O)[O-])cc3)=C(COc3cccc4c(NCC(N)=O)cccc34)[C@H](C)C12. The summed E-state index contributed by atoms with van der Waals surface area (Å²) in [5, 5.41) is 25.6. The summed E-state index contributed by atoms with van der Waals surface area (Å²) in [6, 6.07) is 14.7. The highest BCUT2D eigenvalue weighted by Crippen LogP contribution is 2.47. The summed E-state index contributed by atoms with van der Waals surface area (Å²) in [4.78, 5) is 62.0. The lowest BCUT2D eigenvalue weighted by Gasteiger charge is -2.46. The maximum absolute atomic E-state index is 13.4. The lowest BCUT2D eigenvalue weighted by atomic mass is 9.78. The zero-order valence-electron chi connectivity index (χ0n) is 23.2. The predicted octanol–water partition coefficient (Wildman–Crippen LogP) is 2.52. The van der Waals surface area contributed by atoms with Crippen molar-refractivity contribution in [2.75, 3.05) is 18.5 Å². The number of carbonyl (C=O) groups excluding carboxylic acids is 4. The number of esters is 2. The quantitative estimate of drug-likeness (QED) is 0.104. The largest absolute Gasteiger partial charge is 0.488 e. The number of aliphatic hydroxyl groups excluding tert-OH is 1. The first-order chi connectivity index (χ1) is 20.5. The third-order valence-corrected chi connectivity index (χ3v) is 7.73. The number of primary amides is 1. The number of fused-ring (bicyclic) bond motifs is 2. The molecule has 1 fully saturated rings. The average Bonchev–Trinajstić information content (AvgIpc) is 3.22. The van der Waals surface area contributed by atoms with Crippen molar-refractivity contribution >= 4 is 45.9 Å². The van der Waals surface area contributed by atoms with E-state index in [1.54, 1.807) is 31.2 Å². The van der Waals surface area contributed by atoms with Crippen molar-refractivity contribution < 1.29 is 38.7 Å². The van der Waals surface area contributed by atoms with E-state index in [0.29, 0.717) is 22.4 Å². The van der Waals surface area contributed by atoms with Crippen LogP contribution in [0.2, 0.25) is 0 Å². The van der Waals surface area contributed by atoms with E-state index in [9.17, 15) is 34.4 Å². The molecule has 2 unspecified atom stereocenters. The van der Waals surface area contributed by atoms with Gasteiger partial charge in [0.05, 0.1) is 35.1 Å². The summed E-state index contributed by atoms with van der Waals surface area (Å²) in [7, 11) is 0. The van der Waals surface area contributed by atoms with Crippen LogP contribution in [0.4, 0.5) is 11.4 Å². The Balaban J connectivity index is 1.44. The molecule has 2 aliphatic rings. The molecule has 2 aliphatic heterocycles. The van der Waals surface area contributed by atoms with Crippen LogP contribution >= 0.6 is 0 Å². The first kappa shape index (κ1) is 29.2. The minimum atomic E-state index is -1.08. The lowest BCUT2D eigenvalue weighted by molar-refractivity contribution is -0.384. The monoisotopic (exact) mass is 588 g/mol. The number of benzene rings is 3. The van der Waals surface area contributed by atoms with Gasteiger partial charge >= 0.3 is 11.9 Å². The van der Waals surface area contributed by atoms with E-state index in [0.717, 1.165) is 29.7 Å². The third kappa shape index (κ3) is 5.37. The molecule has 1 saturated heterocycles. The minimum absolute atomic E-state index is 0.0611. The molecular formula is C30H28N4O9. The van der Waals surface area contributed by atoms with Crippen molar-refractivity contribution in [3.63, 3.8) is 0 Å². The van der Waals surface area contributed by atoms with Gasteiger partial charge in [-0.1, -0.05) is 31.2 Å². The van der Waals surface area contributed by atoms with Crippen LogP contribution in [0.15, 0.2) is 71.9 Å².